The molecule has 0 amide bonds. The first-order valence-corrected chi connectivity index (χ1v) is 4.28. The average molecular weight is 176 g/mol. The predicted molar refractivity (Wildman–Crippen MR) is 42.6 cm³/mol. The van der Waals surface area contributed by atoms with E-state index >= 15 is 0 Å². The molecule has 0 aromatic heterocycles. The molecule has 0 bridgehead atoms. The monoisotopic (exact) mass is 176 g/mol. The molecule has 0 radical (unpaired) electrons. The van der Waals surface area contributed by atoms with Gasteiger partial charge in [-0.15, -0.1) is 0 Å². The van der Waals surface area contributed by atoms with Crippen LogP contribution in [0.25, 0.3) is 0 Å². The SMILES string of the molecule is CCOC1CC(O)OC(C)C1O. The van der Waals surface area contributed by atoms with E-state index in [4.69, 9.17) is 9.47 Å². The number of aliphatic hydroxyl groups is 2. The van der Waals surface area contributed by atoms with Crippen LogP contribution in [0.5, 0.6) is 0 Å². The third-order valence-corrected chi connectivity index (χ3v) is 2.05. The maximum atomic E-state index is 9.53. The van der Waals surface area contributed by atoms with Crippen LogP contribution in [0.3, 0.4) is 0 Å². The lowest BCUT2D eigenvalue weighted by atomic mass is 10.0. The van der Waals surface area contributed by atoms with Gasteiger partial charge in [-0.25, -0.2) is 0 Å². The Labute approximate surface area is 72.1 Å². The zero-order chi connectivity index (χ0) is 9.14. The molecule has 4 heteroatoms. The van der Waals surface area contributed by atoms with Crippen LogP contribution in [-0.2, 0) is 9.47 Å². The van der Waals surface area contributed by atoms with E-state index in [1.165, 1.54) is 0 Å². The fourth-order valence-electron chi connectivity index (χ4n) is 1.40. The second kappa shape index (κ2) is 4.18. The minimum Gasteiger partial charge on any atom is -0.388 e. The summed E-state index contributed by atoms with van der Waals surface area (Å²) in [7, 11) is 0. The van der Waals surface area contributed by atoms with E-state index < -0.39 is 12.4 Å². The van der Waals surface area contributed by atoms with Gasteiger partial charge in [0.15, 0.2) is 6.29 Å². The van der Waals surface area contributed by atoms with E-state index in [1.54, 1.807) is 6.92 Å². The first-order chi connectivity index (χ1) is 5.65. The Kier molecular flexibility index (Phi) is 3.46. The Balaban J connectivity index is 2.47. The number of rotatable bonds is 2. The summed E-state index contributed by atoms with van der Waals surface area (Å²) in [5, 5.41) is 18.7. The van der Waals surface area contributed by atoms with Crippen LogP contribution in [0, 0.1) is 0 Å². The van der Waals surface area contributed by atoms with E-state index in [-0.39, 0.29) is 12.2 Å². The van der Waals surface area contributed by atoms with Gasteiger partial charge in [-0.1, -0.05) is 0 Å². The van der Waals surface area contributed by atoms with Gasteiger partial charge in [0.25, 0.3) is 0 Å². The molecule has 4 atom stereocenters. The van der Waals surface area contributed by atoms with Crippen molar-refractivity contribution in [2.24, 2.45) is 0 Å². The quantitative estimate of drug-likeness (QED) is 0.616. The summed E-state index contributed by atoms with van der Waals surface area (Å²) in [5.41, 5.74) is 0. The number of ether oxygens (including phenoxy) is 2. The number of aliphatic hydroxyl groups excluding tert-OH is 2. The molecule has 0 aromatic carbocycles. The Morgan fingerprint density at radius 1 is 1.50 bits per heavy atom. The standard InChI is InChI=1S/C8H16O4/c1-3-11-6-4-7(9)12-5(2)8(6)10/h5-10H,3-4H2,1-2H3. The van der Waals surface area contributed by atoms with Gasteiger partial charge in [0.1, 0.15) is 6.10 Å². The van der Waals surface area contributed by atoms with Crippen molar-refractivity contribution in [3.63, 3.8) is 0 Å². The summed E-state index contributed by atoms with van der Waals surface area (Å²) < 4.78 is 10.2. The van der Waals surface area contributed by atoms with Crippen molar-refractivity contribution in [2.45, 2.75) is 44.9 Å². The maximum absolute atomic E-state index is 9.53. The van der Waals surface area contributed by atoms with Crippen LogP contribution >= 0.6 is 0 Å². The Morgan fingerprint density at radius 2 is 2.17 bits per heavy atom. The summed E-state index contributed by atoms with van der Waals surface area (Å²) in [6.45, 7) is 4.12. The molecule has 1 saturated heterocycles. The molecule has 4 nitrogen and oxygen atoms in total. The highest BCUT2D eigenvalue weighted by atomic mass is 16.6. The highest BCUT2D eigenvalue weighted by Gasteiger charge is 2.34. The highest BCUT2D eigenvalue weighted by molar-refractivity contribution is 4.80. The van der Waals surface area contributed by atoms with Crippen molar-refractivity contribution in [2.75, 3.05) is 6.61 Å². The predicted octanol–water partition coefficient (Wildman–Crippen LogP) is -0.120. The third-order valence-electron chi connectivity index (χ3n) is 2.05. The Bertz CT molecular complexity index is 139. The highest BCUT2D eigenvalue weighted by Crippen LogP contribution is 2.20. The lowest BCUT2D eigenvalue weighted by Crippen LogP contribution is -2.48. The third kappa shape index (κ3) is 2.17. The summed E-state index contributed by atoms with van der Waals surface area (Å²) in [6.07, 6.45) is -1.74. The van der Waals surface area contributed by atoms with E-state index in [9.17, 15) is 10.2 Å². The van der Waals surface area contributed by atoms with Crippen molar-refractivity contribution in [3.05, 3.63) is 0 Å². The minimum atomic E-state index is -0.806. The fourth-order valence-corrected chi connectivity index (χ4v) is 1.40. The van der Waals surface area contributed by atoms with Crippen molar-refractivity contribution in [1.29, 1.82) is 0 Å². The zero-order valence-electron chi connectivity index (χ0n) is 7.43. The normalized spacial score (nSPS) is 43.0. The minimum absolute atomic E-state index is 0.297. The molecule has 1 heterocycles. The van der Waals surface area contributed by atoms with Crippen LogP contribution < -0.4 is 0 Å². The molecule has 0 spiro atoms. The Hall–Kier alpha value is -0.160. The maximum Gasteiger partial charge on any atom is 0.157 e. The molecule has 0 aromatic rings. The first-order valence-electron chi connectivity index (χ1n) is 4.28. The number of hydrogen-bond acceptors (Lipinski definition) is 4. The molecule has 1 fully saturated rings. The molecular formula is C8H16O4. The van der Waals surface area contributed by atoms with Crippen molar-refractivity contribution < 1.29 is 19.7 Å². The molecule has 0 saturated carbocycles. The lowest BCUT2D eigenvalue weighted by molar-refractivity contribution is -0.235. The van der Waals surface area contributed by atoms with Gasteiger partial charge in [0.05, 0.1) is 12.2 Å². The molecule has 1 aliphatic rings. The fraction of sp³-hybridized carbons (Fsp3) is 1.00. The largest absolute Gasteiger partial charge is 0.388 e. The molecule has 1 aliphatic heterocycles. The summed E-state index contributed by atoms with van der Waals surface area (Å²) in [5.74, 6) is 0. The van der Waals surface area contributed by atoms with Gasteiger partial charge in [-0.05, 0) is 13.8 Å². The average Bonchev–Trinajstić information content (AvgIpc) is 2.00. The molecule has 4 unspecified atom stereocenters. The van der Waals surface area contributed by atoms with Gasteiger partial charge >= 0.3 is 0 Å². The molecule has 72 valence electrons. The van der Waals surface area contributed by atoms with Gasteiger partial charge in [-0.3, -0.25) is 0 Å². The van der Waals surface area contributed by atoms with E-state index in [0.717, 1.165) is 0 Å². The van der Waals surface area contributed by atoms with Crippen molar-refractivity contribution in [1.82, 2.24) is 0 Å². The summed E-state index contributed by atoms with van der Waals surface area (Å²) in [4.78, 5) is 0. The van der Waals surface area contributed by atoms with Crippen LogP contribution in [-0.4, -0.2) is 41.4 Å². The van der Waals surface area contributed by atoms with E-state index in [2.05, 4.69) is 0 Å². The molecule has 0 aliphatic carbocycles. The lowest BCUT2D eigenvalue weighted by Gasteiger charge is -2.35. The molecule has 12 heavy (non-hydrogen) atoms. The van der Waals surface area contributed by atoms with Crippen LogP contribution in [0.4, 0.5) is 0 Å². The molecule has 2 N–H and O–H groups in total. The van der Waals surface area contributed by atoms with Crippen LogP contribution in [0.15, 0.2) is 0 Å². The van der Waals surface area contributed by atoms with Gasteiger partial charge in [0.2, 0.25) is 0 Å². The van der Waals surface area contributed by atoms with Crippen LogP contribution in [0.2, 0.25) is 0 Å². The van der Waals surface area contributed by atoms with Crippen molar-refractivity contribution in [3.8, 4) is 0 Å². The zero-order valence-corrected chi connectivity index (χ0v) is 7.43. The van der Waals surface area contributed by atoms with Crippen molar-refractivity contribution >= 4 is 0 Å². The second-order valence-electron chi connectivity index (χ2n) is 3.02. The van der Waals surface area contributed by atoms with Crippen LogP contribution in [0.1, 0.15) is 20.3 Å². The van der Waals surface area contributed by atoms with Gasteiger partial charge in [0, 0.05) is 13.0 Å². The van der Waals surface area contributed by atoms with Gasteiger partial charge < -0.3 is 19.7 Å². The van der Waals surface area contributed by atoms with E-state index in [0.29, 0.717) is 13.0 Å². The summed E-state index contributed by atoms with van der Waals surface area (Å²) in [6, 6.07) is 0. The topological polar surface area (TPSA) is 58.9 Å². The molecule has 1 rings (SSSR count). The first kappa shape index (κ1) is 9.92. The van der Waals surface area contributed by atoms with E-state index in [1.807, 2.05) is 6.92 Å². The van der Waals surface area contributed by atoms with Gasteiger partial charge in [-0.2, -0.15) is 0 Å². The smallest absolute Gasteiger partial charge is 0.157 e. The Morgan fingerprint density at radius 3 is 2.75 bits per heavy atom. The second-order valence-corrected chi connectivity index (χ2v) is 3.02. The molecular weight excluding hydrogens is 160 g/mol. The number of hydrogen-bond donors (Lipinski definition) is 2. The summed E-state index contributed by atoms with van der Waals surface area (Å²) >= 11 is 0.